The quantitative estimate of drug-likeness (QED) is 0.639. The molecule has 0 amide bonds. The molecule has 7 nitrogen and oxygen atoms in total. The number of nitro benzene ring substituents is 1. The van der Waals surface area contributed by atoms with Crippen LogP contribution >= 0.6 is 0 Å². The van der Waals surface area contributed by atoms with Gasteiger partial charge < -0.3 is 4.90 Å². The van der Waals surface area contributed by atoms with Crippen molar-refractivity contribution in [2.24, 2.45) is 0 Å². The SMILES string of the molecule is Cc1cc(N2CCCC(n3cncn3)C2)ccc1[N+](=O)[O-]. The van der Waals surface area contributed by atoms with Crippen LogP contribution in [0.3, 0.4) is 0 Å². The lowest BCUT2D eigenvalue weighted by Gasteiger charge is -2.34. The highest BCUT2D eigenvalue weighted by atomic mass is 16.6. The van der Waals surface area contributed by atoms with Gasteiger partial charge in [-0.25, -0.2) is 9.67 Å². The number of rotatable bonds is 3. The van der Waals surface area contributed by atoms with E-state index in [1.165, 1.54) is 0 Å². The Kier molecular flexibility index (Phi) is 3.55. The zero-order valence-electron chi connectivity index (χ0n) is 11.8. The van der Waals surface area contributed by atoms with Crippen LogP contribution in [0.2, 0.25) is 0 Å². The Labute approximate surface area is 122 Å². The summed E-state index contributed by atoms with van der Waals surface area (Å²) in [7, 11) is 0. The number of anilines is 1. The zero-order chi connectivity index (χ0) is 14.8. The predicted octanol–water partition coefficient (Wildman–Crippen LogP) is 2.34. The molecular formula is C14H17N5O2. The van der Waals surface area contributed by atoms with Crippen LogP contribution in [0.5, 0.6) is 0 Å². The van der Waals surface area contributed by atoms with Crippen LogP contribution in [0, 0.1) is 17.0 Å². The summed E-state index contributed by atoms with van der Waals surface area (Å²) in [5.74, 6) is 0. The summed E-state index contributed by atoms with van der Waals surface area (Å²) < 4.78 is 1.89. The minimum Gasteiger partial charge on any atom is -0.369 e. The van der Waals surface area contributed by atoms with E-state index in [0.717, 1.165) is 31.6 Å². The van der Waals surface area contributed by atoms with Crippen LogP contribution in [0.4, 0.5) is 11.4 Å². The van der Waals surface area contributed by atoms with Gasteiger partial charge in [-0.2, -0.15) is 5.10 Å². The highest BCUT2D eigenvalue weighted by Crippen LogP contribution is 2.29. The Morgan fingerprint density at radius 1 is 1.43 bits per heavy atom. The summed E-state index contributed by atoms with van der Waals surface area (Å²) in [6.45, 7) is 3.59. The zero-order valence-corrected chi connectivity index (χ0v) is 11.8. The van der Waals surface area contributed by atoms with Crippen molar-refractivity contribution in [2.75, 3.05) is 18.0 Å². The summed E-state index contributed by atoms with van der Waals surface area (Å²) >= 11 is 0. The van der Waals surface area contributed by atoms with Gasteiger partial charge in [0.25, 0.3) is 5.69 Å². The lowest BCUT2D eigenvalue weighted by Crippen LogP contribution is -2.36. The molecule has 2 heterocycles. The molecule has 3 rings (SSSR count). The molecule has 7 heteroatoms. The average Bonchev–Trinajstić information content (AvgIpc) is 3.01. The summed E-state index contributed by atoms with van der Waals surface area (Å²) in [4.78, 5) is 16.8. The topological polar surface area (TPSA) is 77.1 Å². The molecule has 1 atom stereocenters. The number of nitro groups is 1. The van der Waals surface area contributed by atoms with Gasteiger partial charge in [-0.15, -0.1) is 0 Å². The lowest BCUT2D eigenvalue weighted by molar-refractivity contribution is -0.385. The van der Waals surface area contributed by atoms with E-state index in [0.29, 0.717) is 11.6 Å². The minimum atomic E-state index is -0.340. The molecule has 21 heavy (non-hydrogen) atoms. The van der Waals surface area contributed by atoms with E-state index < -0.39 is 0 Å². The van der Waals surface area contributed by atoms with Crippen molar-refractivity contribution in [3.8, 4) is 0 Å². The summed E-state index contributed by atoms with van der Waals surface area (Å²) in [5, 5.41) is 15.1. The lowest BCUT2D eigenvalue weighted by atomic mass is 10.0. The third-order valence-electron chi connectivity index (χ3n) is 3.95. The van der Waals surface area contributed by atoms with Crippen molar-refractivity contribution in [1.29, 1.82) is 0 Å². The number of piperidine rings is 1. The standard InChI is InChI=1S/C14H17N5O2/c1-11-7-12(4-5-14(11)19(20)21)17-6-2-3-13(8-17)18-10-15-9-16-18/h4-5,7,9-10,13H,2-3,6,8H2,1H3. The van der Waals surface area contributed by atoms with Gasteiger partial charge in [-0.3, -0.25) is 10.1 Å². The number of aromatic nitrogens is 3. The Morgan fingerprint density at radius 2 is 2.29 bits per heavy atom. The maximum absolute atomic E-state index is 10.9. The van der Waals surface area contributed by atoms with Gasteiger partial charge in [0.1, 0.15) is 12.7 Å². The molecule has 1 aromatic carbocycles. The molecule has 1 saturated heterocycles. The van der Waals surface area contributed by atoms with E-state index in [2.05, 4.69) is 15.0 Å². The molecule has 0 saturated carbocycles. The Bertz CT molecular complexity index is 641. The fraction of sp³-hybridized carbons (Fsp3) is 0.429. The van der Waals surface area contributed by atoms with Crippen molar-refractivity contribution in [3.05, 3.63) is 46.5 Å². The highest BCUT2D eigenvalue weighted by molar-refractivity contribution is 5.55. The van der Waals surface area contributed by atoms with E-state index >= 15 is 0 Å². The van der Waals surface area contributed by atoms with E-state index in [1.807, 2.05) is 16.8 Å². The fourth-order valence-electron chi connectivity index (χ4n) is 2.85. The van der Waals surface area contributed by atoms with Crippen LogP contribution in [-0.4, -0.2) is 32.8 Å². The maximum atomic E-state index is 10.9. The van der Waals surface area contributed by atoms with Gasteiger partial charge in [0, 0.05) is 30.4 Å². The Hall–Kier alpha value is -2.44. The number of hydrogen-bond acceptors (Lipinski definition) is 5. The summed E-state index contributed by atoms with van der Waals surface area (Å²) in [6.07, 6.45) is 5.44. The second kappa shape index (κ2) is 5.51. The van der Waals surface area contributed by atoms with Crippen LogP contribution in [0.1, 0.15) is 24.4 Å². The second-order valence-electron chi connectivity index (χ2n) is 5.35. The highest BCUT2D eigenvalue weighted by Gasteiger charge is 2.23. The summed E-state index contributed by atoms with van der Waals surface area (Å²) in [5.41, 5.74) is 1.90. The van der Waals surface area contributed by atoms with Crippen molar-refractivity contribution >= 4 is 11.4 Å². The molecule has 1 aromatic heterocycles. The molecule has 0 aliphatic carbocycles. The first kappa shape index (κ1) is 13.5. The van der Waals surface area contributed by atoms with E-state index in [4.69, 9.17) is 0 Å². The minimum absolute atomic E-state index is 0.170. The van der Waals surface area contributed by atoms with Crippen LogP contribution < -0.4 is 4.90 Å². The monoisotopic (exact) mass is 287 g/mol. The molecule has 0 N–H and O–H groups in total. The first-order valence-corrected chi connectivity index (χ1v) is 6.99. The molecule has 1 fully saturated rings. The van der Waals surface area contributed by atoms with Crippen LogP contribution in [0.25, 0.3) is 0 Å². The van der Waals surface area contributed by atoms with Crippen molar-refractivity contribution in [3.63, 3.8) is 0 Å². The second-order valence-corrected chi connectivity index (χ2v) is 5.35. The molecule has 2 aromatic rings. The van der Waals surface area contributed by atoms with E-state index in [1.54, 1.807) is 25.6 Å². The van der Waals surface area contributed by atoms with E-state index in [-0.39, 0.29) is 10.6 Å². The van der Waals surface area contributed by atoms with Gasteiger partial charge in [-0.05, 0) is 31.9 Å². The third-order valence-corrected chi connectivity index (χ3v) is 3.95. The number of benzene rings is 1. The third kappa shape index (κ3) is 2.72. The van der Waals surface area contributed by atoms with Crippen LogP contribution in [-0.2, 0) is 0 Å². The summed E-state index contributed by atoms with van der Waals surface area (Å²) in [6, 6.07) is 5.61. The molecule has 1 aliphatic heterocycles. The normalized spacial score (nSPS) is 18.7. The number of aryl methyl sites for hydroxylation is 1. The fourth-order valence-corrected chi connectivity index (χ4v) is 2.85. The van der Waals surface area contributed by atoms with Crippen molar-refractivity contribution < 1.29 is 4.92 Å². The maximum Gasteiger partial charge on any atom is 0.272 e. The average molecular weight is 287 g/mol. The predicted molar refractivity (Wildman–Crippen MR) is 78.3 cm³/mol. The van der Waals surface area contributed by atoms with Gasteiger partial charge >= 0.3 is 0 Å². The van der Waals surface area contributed by atoms with Gasteiger partial charge in [0.15, 0.2) is 0 Å². The van der Waals surface area contributed by atoms with Gasteiger partial charge in [0.2, 0.25) is 0 Å². The first-order chi connectivity index (χ1) is 10.1. The van der Waals surface area contributed by atoms with Crippen LogP contribution in [0.15, 0.2) is 30.9 Å². The van der Waals surface area contributed by atoms with E-state index in [9.17, 15) is 10.1 Å². The van der Waals surface area contributed by atoms with Crippen molar-refractivity contribution in [2.45, 2.75) is 25.8 Å². The van der Waals surface area contributed by atoms with Crippen molar-refractivity contribution in [1.82, 2.24) is 14.8 Å². The smallest absolute Gasteiger partial charge is 0.272 e. The Morgan fingerprint density at radius 3 is 2.95 bits per heavy atom. The first-order valence-electron chi connectivity index (χ1n) is 6.99. The molecule has 0 bridgehead atoms. The Balaban J connectivity index is 1.80. The molecule has 1 unspecified atom stereocenters. The molecule has 110 valence electrons. The molecule has 0 radical (unpaired) electrons. The largest absolute Gasteiger partial charge is 0.369 e. The molecule has 1 aliphatic rings. The van der Waals surface area contributed by atoms with Gasteiger partial charge in [-0.1, -0.05) is 0 Å². The molecule has 0 spiro atoms. The number of nitrogens with zero attached hydrogens (tertiary/aromatic N) is 5. The molecular weight excluding hydrogens is 270 g/mol. The number of hydrogen-bond donors (Lipinski definition) is 0. The van der Waals surface area contributed by atoms with Gasteiger partial charge in [0.05, 0.1) is 11.0 Å².